The second-order valence-corrected chi connectivity index (χ2v) is 5.57. The van der Waals surface area contributed by atoms with Crippen molar-refractivity contribution in [2.45, 2.75) is 6.61 Å². The number of aliphatic hydroxyl groups is 1. The molecule has 0 spiro atoms. The van der Waals surface area contributed by atoms with E-state index in [1.165, 1.54) is 12.1 Å². The number of H-pyrrole nitrogens is 2. The van der Waals surface area contributed by atoms with Gasteiger partial charge in [-0.1, -0.05) is 24.3 Å². The fourth-order valence-electron chi connectivity index (χ4n) is 2.61. The highest BCUT2D eigenvalue weighted by Gasteiger charge is 2.13. The largest absolute Gasteiger partial charge is 0.392 e. The molecule has 4 rings (SSSR count). The highest BCUT2D eigenvalue weighted by Crippen LogP contribution is 2.26. The molecule has 8 heteroatoms. The van der Waals surface area contributed by atoms with E-state index in [-0.39, 0.29) is 12.3 Å². The van der Waals surface area contributed by atoms with Gasteiger partial charge in [0.25, 0.3) is 5.69 Å². The Kier molecular flexibility index (Phi) is 3.51. The molecule has 2 heterocycles. The van der Waals surface area contributed by atoms with Gasteiger partial charge in [0.15, 0.2) is 5.82 Å². The standard InChI is InChI=1S/C17H13N5O3/c23-9-10-1-3-11(4-2-10)14-8-16(21-20-14)17-18-13-6-5-12(22(24)25)7-15(13)19-17/h1-8,23H,9H2,(H,18,19)(H,20,21). The van der Waals surface area contributed by atoms with Crippen LogP contribution in [-0.4, -0.2) is 30.2 Å². The zero-order valence-corrected chi connectivity index (χ0v) is 12.9. The summed E-state index contributed by atoms with van der Waals surface area (Å²) in [6, 6.07) is 13.8. The van der Waals surface area contributed by atoms with Crippen molar-refractivity contribution in [3.05, 3.63) is 64.2 Å². The number of aliphatic hydroxyl groups excluding tert-OH is 1. The number of aromatic amines is 2. The number of nitro benzene ring substituents is 1. The SMILES string of the molecule is O=[N+]([O-])c1ccc2nc(-c3cc(-c4ccc(CO)cc4)n[nH]3)[nH]c2c1. The fourth-order valence-corrected chi connectivity index (χ4v) is 2.61. The summed E-state index contributed by atoms with van der Waals surface area (Å²) in [6.45, 7) is -0.00276. The van der Waals surface area contributed by atoms with Gasteiger partial charge in [-0.15, -0.1) is 0 Å². The van der Waals surface area contributed by atoms with Gasteiger partial charge >= 0.3 is 0 Å². The third-order valence-corrected chi connectivity index (χ3v) is 3.94. The zero-order valence-electron chi connectivity index (χ0n) is 12.9. The number of aromatic nitrogens is 4. The van der Waals surface area contributed by atoms with Crippen LogP contribution in [0, 0.1) is 10.1 Å². The Morgan fingerprint density at radius 1 is 1.12 bits per heavy atom. The first-order valence-corrected chi connectivity index (χ1v) is 7.54. The Bertz CT molecular complexity index is 1070. The number of imidazole rings is 1. The van der Waals surface area contributed by atoms with E-state index in [0.717, 1.165) is 16.8 Å². The number of non-ortho nitro benzene ring substituents is 1. The molecule has 124 valence electrons. The molecule has 0 unspecified atom stereocenters. The second-order valence-electron chi connectivity index (χ2n) is 5.57. The van der Waals surface area contributed by atoms with Gasteiger partial charge in [-0.2, -0.15) is 5.10 Å². The molecule has 3 N–H and O–H groups in total. The van der Waals surface area contributed by atoms with Crippen LogP contribution in [0.2, 0.25) is 0 Å². The first-order valence-electron chi connectivity index (χ1n) is 7.54. The molecule has 0 radical (unpaired) electrons. The minimum Gasteiger partial charge on any atom is -0.392 e. The molecule has 0 aliphatic heterocycles. The van der Waals surface area contributed by atoms with Crippen LogP contribution in [0.25, 0.3) is 33.8 Å². The van der Waals surface area contributed by atoms with Gasteiger partial charge in [0, 0.05) is 17.7 Å². The Morgan fingerprint density at radius 2 is 1.92 bits per heavy atom. The van der Waals surface area contributed by atoms with Crippen molar-refractivity contribution in [2.75, 3.05) is 0 Å². The number of fused-ring (bicyclic) bond motifs is 1. The predicted octanol–water partition coefficient (Wildman–Crippen LogP) is 3.02. The molecule has 0 saturated carbocycles. The number of benzene rings is 2. The van der Waals surface area contributed by atoms with E-state index < -0.39 is 4.92 Å². The molecule has 4 aromatic rings. The minimum absolute atomic E-state index is 0.00276. The van der Waals surface area contributed by atoms with E-state index in [1.807, 2.05) is 30.3 Å². The first kappa shape index (κ1) is 15.0. The normalized spacial score (nSPS) is 11.1. The summed E-state index contributed by atoms with van der Waals surface area (Å²) in [6.07, 6.45) is 0. The van der Waals surface area contributed by atoms with Crippen LogP contribution in [0.4, 0.5) is 5.69 Å². The van der Waals surface area contributed by atoms with Crippen LogP contribution in [-0.2, 0) is 6.61 Å². The van der Waals surface area contributed by atoms with E-state index in [4.69, 9.17) is 5.11 Å². The lowest BCUT2D eigenvalue weighted by Crippen LogP contribution is -1.86. The molecule has 0 saturated heterocycles. The highest BCUT2D eigenvalue weighted by molar-refractivity contribution is 5.81. The summed E-state index contributed by atoms with van der Waals surface area (Å²) in [5, 5.41) is 27.2. The maximum Gasteiger partial charge on any atom is 0.271 e. The number of hydrogen-bond acceptors (Lipinski definition) is 5. The molecule has 0 amide bonds. The molecule has 0 atom stereocenters. The van der Waals surface area contributed by atoms with Gasteiger partial charge in [-0.3, -0.25) is 15.2 Å². The lowest BCUT2D eigenvalue weighted by atomic mass is 10.1. The topological polar surface area (TPSA) is 121 Å². The van der Waals surface area contributed by atoms with Crippen LogP contribution in [0.5, 0.6) is 0 Å². The molecule has 2 aromatic carbocycles. The van der Waals surface area contributed by atoms with E-state index in [2.05, 4.69) is 20.2 Å². The molecule has 0 bridgehead atoms. The molecular formula is C17H13N5O3. The van der Waals surface area contributed by atoms with Gasteiger partial charge in [0.05, 0.1) is 28.3 Å². The molecule has 0 aliphatic rings. The number of rotatable bonds is 4. The Morgan fingerprint density at radius 3 is 2.64 bits per heavy atom. The van der Waals surface area contributed by atoms with Crippen LogP contribution < -0.4 is 0 Å². The lowest BCUT2D eigenvalue weighted by molar-refractivity contribution is -0.384. The molecule has 8 nitrogen and oxygen atoms in total. The zero-order chi connectivity index (χ0) is 17.4. The van der Waals surface area contributed by atoms with E-state index in [1.54, 1.807) is 6.07 Å². The van der Waals surface area contributed by atoms with Crippen LogP contribution in [0.3, 0.4) is 0 Å². The summed E-state index contributed by atoms with van der Waals surface area (Å²) in [7, 11) is 0. The van der Waals surface area contributed by atoms with E-state index >= 15 is 0 Å². The Labute approximate surface area is 141 Å². The van der Waals surface area contributed by atoms with Crippen LogP contribution in [0.15, 0.2) is 48.5 Å². The average molecular weight is 335 g/mol. The smallest absolute Gasteiger partial charge is 0.271 e. The molecule has 0 aliphatic carbocycles. The van der Waals surface area contributed by atoms with Crippen molar-refractivity contribution in [1.29, 1.82) is 0 Å². The number of nitrogens with one attached hydrogen (secondary N) is 2. The van der Waals surface area contributed by atoms with E-state index in [0.29, 0.717) is 22.6 Å². The summed E-state index contributed by atoms with van der Waals surface area (Å²) in [5.74, 6) is 0.557. The molecule has 2 aromatic heterocycles. The van der Waals surface area contributed by atoms with Crippen molar-refractivity contribution in [2.24, 2.45) is 0 Å². The van der Waals surface area contributed by atoms with Crippen molar-refractivity contribution < 1.29 is 10.0 Å². The summed E-state index contributed by atoms with van der Waals surface area (Å²) >= 11 is 0. The molecule has 0 fully saturated rings. The Balaban J connectivity index is 1.69. The molecule has 25 heavy (non-hydrogen) atoms. The number of nitrogens with zero attached hydrogens (tertiary/aromatic N) is 3. The third kappa shape index (κ3) is 2.74. The van der Waals surface area contributed by atoms with Crippen molar-refractivity contribution >= 4 is 16.7 Å². The minimum atomic E-state index is -0.440. The summed E-state index contributed by atoms with van der Waals surface area (Å²) in [5.41, 5.74) is 4.41. The van der Waals surface area contributed by atoms with Gasteiger partial charge in [-0.05, 0) is 17.7 Å². The number of nitro groups is 1. The first-order chi connectivity index (χ1) is 12.1. The van der Waals surface area contributed by atoms with Crippen molar-refractivity contribution in [3.63, 3.8) is 0 Å². The summed E-state index contributed by atoms with van der Waals surface area (Å²) in [4.78, 5) is 17.9. The third-order valence-electron chi connectivity index (χ3n) is 3.94. The molecular weight excluding hydrogens is 322 g/mol. The highest BCUT2D eigenvalue weighted by atomic mass is 16.6. The maximum absolute atomic E-state index is 10.9. The fraction of sp³-hybridized carbons (Fsp3) is 0.0588. The van der Waals surface area contributed by atoms with Gasteiger partial charge in [0.1, 0.15) is 5.69 Å². The van der Waals surface area contributed by atoms with Crippen LogP contribution >= 0.6 is 0 Å². The lowest BCUT2D eigenvalue weighted by Gasteiger charge is -1.98. The van der Waals surface area contributed by atoms with Crippen molar-refractivity contribution in [3.8, 4) is 22.8 Å². The quantitative estimate of drug-likeness (QED) is 0.391. The van der Waals surface area contributed by atoms with E-state index in [9.17, 15) is 10.1 Å². The second kappa shape index (κ2) is 5.84. The van der Waals surface area contributed by atoms with Crippen LogP contribution in [0.1, 0.15) is 5.56 Å². The number of hydrogen-bond donors (Lipinski definition) is 3. The predicted molar refractivity (Wildman–Crippen MR) is 91.7 cm³/mol. The van der Waals surface area contributed by atoms with Gasteiger partial charge in [0.2, 0.25) is 0 Å². The maximum atomic E-state index is 10.9. The van der Waals surface area contributed by atoms with Gasteiger partial charge in [-0.25, -0.2) is 4.98 Å². The average Bonchev–Trinajstić information content (AvgIpc) is 3.27. The monoisotopic (exact) mass is 335 g/mol. The van der Waals surface area contributed by atoms with Gasteiger partial charge < -0.3 is 10.1 Å². The van der Waals surface area contributed by atoms with Crippen molar-refractivity contribution in [1.82, 2.24) is 20.2 Å². The Hall–Kier alpha value is -3.52. The summed E-state index contributed by atoms with van der Waals surface area (Å²) < 4.78 is 0.